The van der Waals surface area contributed by atoms with E-state index in [1.165, 1.54) is 11.6 Å². The SMILES string of the molecule is O=C(O)COCC(=O)N1CCC2(CCCCc3ccccc3OCCN(Cc3ccccc3F)C2)CC1. The molecular weight excluding hydrogens is 475 g/mol. The summed E-state index contributed by atoms with van der Waals surface area (Å²) in [7, 11) is 0. The zero-order valence-corrected chi connectivity index (χ0v) is 21.4. The lowest BCUT2D eigenvalue weighted by Crippen LogP contribution is -2.49. The van der Waals surface area contributed by atoms with Gasteiger partial charge in [-0.05, 0) is 55.2 Å². The van der Waals surface area contributed by atoms with Crippen LogP contribution in [0, 0.1) is 11.2 Å². The number of ether oxygens (including phenoxy) is 2. The van der Waals surface area contributed by atoms with Gasteiger partial charge in [-0.2, -0.15) is 0 Å². The van der Waals surface area contributed by atoms with Crippen molar-refractivity contribution in [2.24, 2.45) is 5.41 Å². The zero-order chi connectivity index (χ0) is 26.1. The normalized spacial score (nSPS) is 18.8. The Morgan fingerprint density at radius 2 is 1.73 bits per heavy atom. The average molecular weight is 513 g/mol. The first-order valence-corrected chi connectivity index (χ1v) is 13.2. The van der Waals surface area contributed by atoms with E-state index in [4.69, 9.17) is 14.6 Å². The summed E-state index contributed by atoms with van der Waals surface area (Å²) in [6.45, 7) is 3.05. The molecule has 0 radical (unpaired) electrons. The monoisotopic (exact) mass is 512 g/mol. The zero-order valence-electron chi connectivity index (χ0n) is 21.4. The first-order valence-electron chi connectivity index (χ1n) is 13.2. The van der Waals surface area contributed by atoms with Gasteiger partial charge in [0.05, 0.1) is 0 Å². The summed E-state index contributed by atoms with van der Waals surface area (Å²) < 4.78 is 25.8. The molecule has 1 N–H and O–H groups in total. The van der Waals surface area contributed by atoms with Crippen LogP contribution in [-0.2, 0) is 27.3 Å². The standard InChI is InChI=1S/C29H37FN2O5/c30-25-10-3-1-9-24(25)19-31-17-18-37-26-11-4-2-7-23(26)8-5-6-12-29(22-31)13-15-32(16-14-29)27(33)20-36-21-28(34)35/h1-4,7,9-11H,5-6,8,12-22H2,(H,34,35). The minimum absolute atomic E-state index is 0.0165. The number of amides is 1. The number of nitrogens with zero attached hydrogens (tertiary/aromatic N) is 2. The predicted octanol–water partition coefficient (Wildman–Crippen LogP) is 4.14. The number of rotatable bonds is 6. The molecule has 37 heavy (non-hydrogen) atoms. The van der Waals surface area contributed by atoms with Crippen molar-refractivity contribution in [2.75, 3.05) is 46.0 Å². The van der Waals surface area contributed by atoms with Crippen molar-refractivity contribution in [3.05, 3.63) is 65.5 Å². The Labute approximate surface area is 218 Å². The van der Waals surface area contributed by atoms with Crippen molar-refractivity contribution in [2.45, 2.75) is 45.1 Å². The second-order valence-corrected chi connectivity index (χ2v) is 10.2. The lowest BCUT2D eigenvalue weighted by atomic mass is 9.73. The van der Waals surface area contributed by atoms with Crippen LogP contribution in [0.2, 0.25) is 0 Å². The Kier molecular flexibility index (Phi) is 9.52. The van der Waals surface area contributed by atoms with Crippen molar-refractivity contribution in [1.29, 1.82) is 0 Å². The van der Waals surface area contributed by atoms with E-state index in [-0.39, 0.29) is 23.7 Å². The third kappa shape index (κ3) is 7.76. The first-order chi connectivity index (χ1) is 17.9. The minimum atomic E-state index is -1.08. The summed E-state index contributed by atoms with van der Waals surface area (Å²) in [4.78, 5) is 27.3. The van der Waals surface area contributed by atoms with E-state index in [1.54, 1.807) is 11.0 Å². The van der Waals surface area contributed by atoms with E-state index in [9.17, 15) is 14.0 Å². The third-order valence-corrected chi connectivity index (χ3v) is 7.58. The van der Waals surface area contributed by atoms with E-state index in [1.807, 2.05) is 30.3 Å². The second-order valence-electron chi connectivity index (χ2n) is 10.2. The Balaban J connectivity index is 1.47. The predicted molar refractivity (Wildman–Crippen MR) is 138 cm³/mol. The van der Waals surface area contributed by atoms with Gasteiger partial charge in [-0.3, -0.25) is 9.69 Å². The molecule has 2 aromatic carbocycles. The van der Waals surface area contributed by atoms with E-state index < -0.39 is 12.6 Å². The number of aliphatic carboxylic acids is 1. The number of aryl methyl sites for hydroxylation is 1. The van der Waals surface area contributed by atoms with Gasteiger partial charge in [0.15, 0.2) is 0 Å². The van der Waals surface area contributed by atoms with Gasteiger partial charge in [0.2, 0.25) is 5.91 Å². The second kappa shape index (κ2) is 13.0. The van der Waals surface area contributed by atoms with Crippen LogP contribution >= 0.6 is 0 Å². The molecule has 1 spiro atoms. The van der Waals surface area contributed by atoms with Crippen LogP contribution in [0.5, 0.6) is 5.75 Å². The largest absolute Gasteiger partial charge is 0.492 e. The third-order valence-electron chi connectivity index (χ3n) is 7.58. The number of benzene rings is 2. The fourth-order valence-corrected chi connectivity index (χ4v) is 5.54. The van der Waals surface area contributed by atoms with Crippen LogP contribution in [0.4, 0.5) is 4.39 Å². The number of fused-ring (bicyclic) bond motifs is 1. The van der Waals surface area contributed by atoms with Crippen LogP contribution < -0.4 is 4.74 Å². The van der Waals surface area contributed by atoms with E-state index in [2.05, 4.69) is 11.0 Å². The van der Waals surface area contributed by atoms with Gasteiger partial charge in [-0.25, -0.2) is 9.18 Å². The molecule has 2 aliphatic heterocycles. The number of piperidine rings is 1. The van der Waals surface area contributed by atoms with Crippen LogP contribution in [0.3, 0.4) is 0 Å². The fourth-order valence-electron chi connectivity index (χ4n) is 5.54. The molecule has 2 aromatic rings. The number of halogens is 1. The molecule has 0 unspecified atom stereocenters. The van der Waals surface area contributed by atoms with Crippen LogP contribution in [0.15, 0.2) is 48.5 Å². The lowest BCUT2D eigenvalue weighted by Gasteiger charge is -2.45. The maximum absolute atomic E-state index is 14.6. The van der Waals surface area contributed by atoms with Gasteiger partial charge in [-0.15, -0.1) is 0 Å². The number of carbonyl (C=O) groups excluding carboxylic acids is 1. The molecular formula is C29H37FN2O5. The number of hydrogen-bond acceptors (Lipinski definition) is 5. The molecule has 1 fully saturated rings. The molecule has 8 heteroatoms. The molecule has 0 bridgehead atoms. The highest BCUT2D eigenvalue weighted by Gasteiger charge is 2.37. The van der Waals surface area contributed by atoms with E-state index in [0.717, 1.165) is 50.8 Å². The summed E-state index contributed by atoms with van der Waals surface area (Å²) in [6, 6.07) is 15.1. The molecule has 4 rings (SSSR count). The van der Waals surface area contributed by atoms with Gasteiger partial charge in [0.25, 0.3) is 0 Å². The number of carboxylic acid groups (broad SMARTS) is 1. The van der Waals surface area contributed by atoms with Crippen molar-refractivity contribution in [3.63, 3.8) is 0 Å². The molecule has 1 amide bonds. The minimum Gasteiger partial charge on any atom is -0.492 e. The Morgan fingerprint density at radius 1 is 0.973 bits per heavy atom. The van der Waals surface area contributed by atoms with Crippen LogP contribution in [-0.4, -0.2) is 72.8 Å². The Hall–Kier alpha value is -2.97. The Bertz CT molecular complexity index is 1050. The molecule has 0 aliphatic carbocycles. The first kappa shape index (κ1) is 27.1. The summed E-state index contributed by atoms with van der Waals surface area (Å²) in [5.41, 5.74) is 1.91. The van der Waals surface area contributed by atoms with E-state index in [0.29, 0.717) is 38.3 Å². The molecule has 0 aromatic heterocycles. The van der Waals surface area contributed by atoms with Gasteiger partial charge in [0.1, 0.15) is 31.4 Å². The summed E-state index contributed by atoms with van der Waals surface area (Å²) in [6.07, 6.45) is 5.84. The summed E-state index contributed by atoms with van der Waals surface area (Å²) in [5, 5.41) is 8.75. The number of carbonyl (C=O) groups is 2. The molecule has 2 heterocycles. The summed E-state index contributed by atoms with van der Waals surface area (Å²) >= 11 is 0. The van der Waals surface area contributed by atoms with Crippen LogP contribution in [0.1, 0.15) is 43.2 Å². The fraction of sp³-hybridized carbons (Fsp3) is 0.517. The van der Waals surface area contributed by atoms with Gasteiger partial charge >= 0.3 is 5.97 Å². The highest BCUT2D eigenvalue weighted by molar-refractivity contribution is 5.78. The van der Waals surface area contributed by atoms with Crippen molar-refractivity contribution >= 4 is 11.9 Å². The van der Waals surface area contributed by atoms with Gasteiger partial charge in [0, 0.05) is 38.3 Å². The molecule has 0 atom stereocenters. The lowest BCUT2D eigenvalue weighted by molar-refractivity contribution is -0.146. The number of para-hydroxylation sites is 1. The van der Waals surface area contributed by atoms with Gasteiger partial charge < -0.3 is 19.5 Å². The number of likely N-dealkylation sites (tertiary alicyclic amines) is 1. The van der Waals surface area contributed by atoms with Gasteiger partial charge in [-0.1, -0.05) is 42.8 Å². The smallest absolute Gasteiger partial charge is 0.329 e. The Morgan fingerprint density at radius 3 is 2.51 bits per heavy atom. The number of hydrogen-bond donors (Lipinski definition) is 1. The molecule has 7 nitrogen and oxygen atoms in total. The van der Waals surface area contributed by atoms with E-state index >= 15 is 0 Å². The molecule has 200 valence electrons. The molecule has 0 saturated carbocycles. The highest BCUT2D eigenvalue weighted by Crippen LogP contribution is 2.39. The highest BCUT2D eigenvalue weighted by atomic mass is 19.1. The number of carboxylic acids is 1. The topological polar surface area (TPSA) is 79.3 Å². The van der Waals surface area contributed by atoms with Crippen LogP contribution in [0.25, 0.3) is 0 Å². The summed E-state index contributed by atoms with van der Waals surface area (Å²) in [5.74, 6) is -0.520. The maximum Gasteiger partial charge on any atom is 0.329 e. The molecule has 2 aliphatic rings. The van der Waals surface area contributed by atoms with Crippen molar-refractivity contribution < 1.29 is 28.6 Å². The molecule has 1 saturated heterocycles. The quantitative estimate of drug-likeness (QED) is 0.627. The average Bonchev–Trinajstić information content (AvgIpc) is 2.88. The van der Waals surface area contributed by atoms with Crippen molar-refractivity contribution in [1.82, 2.24) is 9.80 Å². The van der Waals surface area contributed by atoms with Crippen molar-refractivity contribution in [3.8, 4) is 5.75 Å². The maximum atomic E-state index is 14.6.